The third kappa shape index (κ3) is 8.59. The van der Waals surface area contributed by atoms with E-state index < -0.39 is 51.9 Å². The maximum atomic E-state index is 13.6. The molecule has 2 N–H and O–H groups in total. The number of pyridine rings is 1. The average molecular weight is 701 g/mol. The van der Waals surface area contributed by atoms with E-state index in [1.54, 1.807) is 25.1 Å². The summed E-state index contributed by atoms with van der Waals surface area (Å²) >= 11 is 0. The summed E-state index contributed by atoms with van der Waals surface area (Å²) < 4.78 is 77.7. The third-order valence-electron chi connectivity index (χ3n) is 7.53. The van der Waals surface area contributed by atoms with Crippen LogP contribution in [0.5, 0.6) is 0 Å². The van der Waals surface area contributed by atoms with Gasteiger partial charge in [-0.2, -0.15) is 18.4 Å². The molecule has 1 atom stereocenters. The number of nitrogens with one attached hydrogen (secondary N) is 1. The molecule has 0 saturated carbocycles. The summed E-state index contributed by atoms with van der Waals surface area (Å²) in [6.07, 6.45) is 0.459. The number of rotatable bonds is 9. The van der Waals surface area contributed by atoms with Gasteiger partial charge in [0.15, 0.2) is 12.4 Å². The molecule has 258 valence electrons. The largest absolute Gasteiger partial charge is 0.748 e. The van der Waals surface area contributed by atoms with Crippen molar-refractivity contribution in [1.82, 2.24) is 14.8 Å². The zero-order valence-electron chi connectivity index (χ0n) is 26.2. The highest BCUT2D eigenvalue weighted by Crippen LogP contribution is 2.43. The smallest absolute Gasteiger partial charge is 0.416 e. The molecular weight excluding hydrogens is 669 g/mol. The van der Waals surface area contributed by atoms with E-state index in [1.165, 1.54) is 28.7 Å². The molecule has 0 amide bonds. The van der Waals surface area contributed by atoms with Crippen LogP contribution in [0.2, 0.25) is 0 Å². The van der Waals surface area contributed by atoms with Gasteiger partial charge in [-0.25, -0.2) is 32.2 Å². The number of aromatic amines is 1. The van der Waals surface area contributed by atoms with Gasteiger partial charge >= 0.3 is 17.8 Å². The van der Waals surface area contributed by atoms with Crippen molar-refractivity contribution in [3.63, 3.8) is 0 Å². The molecule has 0 unspecified atom stereocenters. The van der Waals surface area contributed by atoms with Crippen LogP contribution in [0.3, 0.4) is 0 Å². The van der Waals surface area contributed by atoms with Gasteiger partial charge in [-0.05, 0) is 54.8 Å². The number of aromatic nitrogens is 4. The molecule has 0 spiro atoms. The fraction of sp³-hybridized carbons (Fsp3) is 0.281. The Morgan fingerprint density at radius 3 is 2.47 bits per heavy atom. The summed E-state index contributed by atoms with van der Waals surface area (Å²) in [6, 6.07) is 16.4. The molecule has 3 heterocycles. The number of aliphatic hydroxyl groups is 1. The second-order valence-corrected chi connectivity index (χ2v) is 12.2. The molecule has 49 heavy (non-hydrogen) atoms. The normalized spacial score (nSPS) is 14.4. The molecule has 4 aromatic rings. The van der Waals surface area contributed by atoms with Crippen LogP contribution < -0.4 is 15.2 Å². The Bertz CT molecular complexity index is 2060. The topological polar surface area (TPSA) is 185 Å². The van der Waals surface area contributed by atoms with Crippen molar-refractivity contribution in [3.8, 4) is 6.07 Å². The number of carbonyl (C=O) groups is 1. The highest BCUT2D eigenvalue weighted by atomic mass is 32.2. The number of esters is 1. The van der Waals surface area contributed by atoms with Crippen LogP contribution in [0.4, 0.5) is 24.8 Å². The Hall–Kier alpha value is -5.31. The van der Waals surface area contributed by atoms with Crippen LogP contribution >= 0.6 is 0 Å². The SMILES string of the molecule is COC(=O)C1=C(C)N(c2cccc(C(F)(F)F)c2)c2n[nH]c(=O)n2[C@@H]1c1ccc(C#N)cc1CCC[n+]1ccccc1.O=S(=O)([O-])CCO. The van der Waals surface area contributed by atoms with Crippen molar-refractivity contribution in [2.75, 3.05) is 24.4 Å². The quantitative estimate of drug-likeness (QED) is 0.149. The molecule has 2 aromatic carbocycles. The van der Waals surface area contributed by atoms with Crippen LogP contribution in [-0.4, -0.2) is 58.3 Å². The number of fused-ring (bicyclic) bond motifs is 1. The Morgan fingerprint density at radius 1 is 1.16 bits per heavy atom. The Balaban J connectivity index is 0.000000698. The number of alkyl halides is 3. The van der Waals surface area contributed by atoms with E-state index in [-0.39, 0.29) is 22.9 Å². The van der Waals surface area contributed by atoms with Crippen molar-refractivity contribution < 1.29 is 45.3 Å². The van der Waals surface area contributed by atoms with Gasteiger partial charge in [0.2, 0.25) is 5.95 Å². The van der Waals surface area contributed by atoms with Crippen molar-refractivity contribution in [2.24, 2.45) is 0 Å². The molecule has 0 saturated heterocycles. The summed E-state index contributed by atoms with van der Waals surface area (Å²) in [5, 5.41) is 24.0. The van der Waals surface area contributed by atoms with Crippen LogP contribution in [0.1, 0.15) is 41.6 Å². The van der Waals surface area contributed by atoms with Gasteiger partial charge < -0.3 is 14.4 Å². The Kier molecular flexibility index (Phi) is 11.4. The first-order valence-corrected chi connectivity index (χ1v) is 16.2. The molecule has 1 aliphatic heterocycles. The standard InChI is InChI=1S/C30H25F3N6O3.C2H6O4S/c1-19-25(27(40)42-2)26(24-12-11-20(18-34)16-21(24)8-7-15-37-13-4-3-5-14-37)39-28(35-36-29(39)41)38(19)23-10-6-9-22(17-23)30(31,32)33;3-1-2-7(4,5)6/h3-6,9-14,16-17,26H,7-8,15H2,1-2H3;3H,1-2H2,(H,4,5,6)/t26-;/m1./s1. The molecule has 5 rings (SSSR count). The lowest BCUT2D eigenvalue weighted by Crippen LogP contribution is -2.38. The number of hydrogen-bond donors (Lipinski definition) is 2. The predicted molar refractivity (Wildman–Crippen MR) is 167 cm³/mol. The van der Waals surface area contributed by atoms with Gasteiger partial charge in [-0.1, -0.05) is 18.2 Å². The minimum Gasteiger partial charge on any atom is -0.748 e. The minimum absolute atomic E-state index is 0.00429. The van der Waals surface area contributed by atoms with Crippen LogP contribution in [0, 0.1) is 11.3 Å². The number of methoxy groups -OCH3 is 1. The number of nitriles is 1. The maximum absolute atomic E-state index is 13.6. The van der Waals surface area contributed by atoms with Crippen molar-refractivity contribution in [1.29, 1.82) is 5.26 Å². The Morgan fingerprint density at radius 2 is 1.88 bits per heavy atom. The maximum Gasteiger partial charge on any atom is 0.416 e. The predicted octanol–water partition coefficient (Wildman–Crippen LogP) is 3.09. The molecule has 0 radical (unpaired) electrons. The zero-order chi connectivity index (χ0) is 35.9. The van der Waals surface area contributed by atoms with Crippen LogP contribution in [0.25, 0.3) is 0 Å². The van der Waals surface area contributed by atoms with Crippen LogP contribution in [-0.2, 0) is 38.8 Å². The first kappa shape index (κ1) is 36.5. The first-order chi connectivity index (χ1) is 23.2. The van der Waals surface area contributed by atoms with E-state index in [4.69, 9.17) is 9.84 Å². The number of allylic oxidation sites excluding steroid dienone is 1. The second-order valence-electron chi connectivity index (χ2n) is 10.7. The van der Waals surface area contributed by atoms with E-state index in [2.05, 4.69) is 16.3 Å². The highest BCUT2D eigenvalue weighted by Gasteiger charge is 2.41. The fourth-order valence-electron chi connectivity index (χ4n) is 5.38. The van der Waals surface area contributed by atoms with E-state index in [9.17, 15) is 41.0 Å². The minimum atomic E-state index is -4.61. The summed E-state index contributed by atoms with van der Waals surface area (Å²) in [5.41, 5.74) is 0.490. The van der Waals surface area contributed by atoms with E-state index in [0.29, 0.717) is 30.5 Å². The number of carbonyl (C=O) groups excluding carboxylic acids is 1. The monoisotopic (exact) mass is 700 g/mol. The molecule has 2 aromatic heterocycles. The lowest BCUT2D eigenvalue weighted by Gasteiger charge is -2.36. The first-order valence-electron chi connectivity index (χ1n) is 14.6. The van der Waals surface area contributed by atoms with E-state index >= 15 is 0 Å². The second kappa shape index (κ2) is 15.3. The number of aliphatic hydroxyl groups excluding tert-OH is 1. The highest BCUT2D eigenvalue weighted by molar-refractivity contribution is 7.85. The Labute approximate surface area is 278 Å². The molecular formula is C32H31F3N6O7S. The summed E-state index contributed by atoms with van der Waals surface area (Å²) in [4.78, 5) is 27.9. The number of halogens is 3. The summed E-state index contributed by atoms with van der Waals surface area (Å²) in [7, 11) is -2.98. The number of benzene rings is 2. The number of aryl methyl sites for hydroxylation is 2. The van der Waals surface area contributed by atoms with E-state index in [1.807, 2.05) is 35.2 Å². The van der Waals surface area contributed by atoms with Gasteiger partial charge in [0, 0.05) is 29.9 Å². The molecule has 17 heteroatoms. The molecule has 1 aliphatic rings. The number of H-pyrrole nitrogens is 1. The van der Waals surface area contributed by atoms with Gasteiger partial charge in [-0.3, -0.25) is 4.90 Å². The van der Waals surface area contributed by atoms with E-state index in [0.717, 1.165) is 17.7 Å². The van der Waals surface area contributed by atoms with Crippen molar-refractivity contribution >= 4 is 27.7 Å². The van der Waals surface area contributed by atoms with Crippen molar-refractivity contribution in [2.45, 2.75) is 38.5 Å². The number of nitrogens with zero attached hydrogens (tertiary/aromatic N) is 5. The van der Waals surface area contributed by atoms with Gasteiger partial charge in [0.05, 0.1) is 52.4 Å². The van der Waals surface area contributed by atoms with Crippen LogP contribution in [0.15, 0.2) is 89.1 Å². The zero-order valence-corrected chi connectivity index (χ0v) is 27.0. The molecule has 0 bridgehead atoms. The van der Waals surface area contributed by atoms with Gasteiger partial charge in [0.1, 0.15) is 12.6 Å². The number of anilines is 2. The molecule has 0 fully saturated rings. The third-order valence-corrected chi connectivity index (χ3v) is 8.21. The van der Waals surface area contributed by atoms with Crippen molar-refractivity contribution in [3.05, 3.63) is 117 Å². The lowest BCUT2D eigenvalue weighted by molar-refractivity contribution is -0.697. The van der Waals surface area contributed by atoms with Gasteiger partial charge in [-0.15, -0.1) is 5.10 Å². The number of hydrogen-bond acceptors (Lipinski definition) is 10. The molecule has 0 aliphatic carbocycles. The molecule has 13 nitrogen and oxygen atoms in total. The summed E-state index contributed by atoms with van der Waals surface area (Å²) in [5.74, 6) is -1.44. The summed E-state index contributed by atoms with van der Waals surface area (Å²) in [6.45, 7) is 1.66. The van der Waals surface area contributed by atoms with Gasteiger partial charge in [0.25, 0.3) is 0 Å². The number of ether oxygens (including phenoxy) is 1. The fourth-order valence-corrected chi connectivity index (χ4v) is 5.61. The average Bonchev–Trinajstić information content (AvgIpc) is 3.44. The lowest BCUT2D eigenvalue weighted by atomic mass is 9.88.